The van der Waals surface area contributed by atoms with Crippen LogP contribution in [0.4, 0.5) is 0 Å². The molecule has 0 bridgehead atoms. The summed E-state index contributed by atoms with van der Waals surface area (Å²) in [4.78, 5) is 99.6. The third-order valence-electron chi connectivity index (χ3n) is 29.3. The number of carbonyl (C=O) groups is 6. The number of thiophene rings is 7. The Balaban J connectivity index is 0.000000192. The van der Waals surface area contributed by atoms with Crippen LogP contribution >= 0.6 is 79.4 Å². The van der Waals surface area contributed by atoms with Crippen LogP contribution in [0.25, 0.3) is 69.6 Å². The summed E-state index contributed by atoms with van der Waals surface area (Å²) in [6, 6.07) is 26.2. The highest BCUT2D eigenvalue weighted by atomic mass is 32.1. The van der Waals surface area contributed by atoms with Crippen molar-refractivity contribution in [3.8, 4) is 50.8 Å². The lowest BCUT2D eigenvalue weighted by atomic mass is 9.83. The monoisotopic (exact) mass is 1940 g/mol. The zero-order valence-corrected chi connectivity index (χ0v) is 90.7. The summed E-state index contributed by atoms with van der Waals surface area (Å²) in [5.41, 5.74) is 14.8. The third-order valence-corrected chi connectivity index (χ3v) is 37.9. The molecule has 0 saturated heterocycles. The lowest BCUT2D eigenvalue weighted by Crippen LogP contribution is -2.34. The van der Waals surface area contributed by atoms with E-state index < -0.39 is 0 Å². The van der Waals surface area contributed by atoms with E-state index in [0.717, 1.165) is 99.4 Å². The molecule has 9 nitrogen and oxygen atoms in total. The number of nitrogens with zero attached hydrogens (tertiary/aromatic N) is 3. The number of amides is 6. The second-order valence-electron chi connectivity index (χ2n) is 40.7. The van der Waals surface area contributed by atoms with Gasteiger partial charge in [0.1, 0.15) is 0 Å². The van der Waals surface area contributed by atoms with Crippen molar-refractivity contribution in [1.29, 1.82) is 0 Å². The fraction of sp³-hybridized carbons (Fsp3) is 0.593. The molecule has 10 heterocycles. The molecule has 0 saturated carbocycles. The second kappa shape index (κ2) is 53.2. The number of fused-ring (bicyclic) bond motifs is 9. The molecule has 134 heavy (non-hydrogen) atoms. The molecule has 2 unspecified atom stereocenters. The van der Waals surface area contributed by atoms with E-state index in [1.165, 1.54) is 350 Å². The first-order valence-corrected chi connectivity index (χ1v) is 59.1. The van der Waals surface area contributed by atoms with E-state index in [2.05, 4.69) is 131 Å². The van der Waals surface area contributed by atoms with Crippen molar-refractivity contribution < 1.29 is 28.8 Å². The molecule has 3 aliphatic heterocycles. The Bertz CT molecular complexity index is 5510. The highest BCUT2D eigenvalue weighted by molar-refractivity contribution is 7.39. The topological polar surface area (TPSA) is 112 Å². The average Bonchev–Trinajstić information content (AvgIpc) is 1.57. The van der Waals surface area contributed by atoms with Crippen LogP contribution < -0.4 is 0 Å². The van der Waals surface area contributed by atoms with Gasteiger partial charge in [-0.25, -0.2) is 0 Å². The number of unbranched alkanes of at least 4 members (excludes halogenated alkanes) is 38. The van der Waals surface area contributed by atoms with E-state index in [4.69, 9.17) is 0 Å². The number of imide groups is 3. The van der Waals surface area contributed by atoms with E-state index in [0.29, 0.717) is 58.3 Å². The first-order chi connectivity index (χ1) is 65.0. The Kier molecular flexibility index (Phi) is 42.2. The van der Waals surface area contributed by atoms with Crippen LogP contribution in [0.5, 0.6) is 0 Å². The Morgan fingerprint density at radius 1 is 0.276 bits per heavy atom. The summed E-state index contributed by atoms with van der Waals surface area (Å²) in [5, 5.41) is 0. The van der Waals surface area contributed by atoms with Gasteiger partial charge in [0.05, 0.1) is 42.8 Å². The molecule has 728 valence electrons. The van der Waals surface area contributed by atoms with Gasteiger partial charge in [-0.3, -0.25) is 43.5 Å². The molecule has 7 aromatic heterocycles. The van der Waals surface area contributed by atoms with E-state index >= 15 is 0 Å². The quantitative estimate of drug-likeness (QED) is 0.0277. The predicted octanol–water partition coefficient (Wildman–Crippen LogP) is 38.2. The minimum Gasteiger partial charge on any atom is -0.277 e. The van der Waals surface area contributed by atoms with Gasteiger partial charge in [-0.2, -0.15) is 0 Å². The zero-order valence-electron chi connectivity index (χ0n) is 85.0. The summed E-state index contributed by atoms with van der Waals surface area (Å²) < 4.78 is 5.29. The molecule has 14 rings (SSSR count). The average molecular weight is 1940 g/mol. The molecule has 0 radical (unpaired) electrons. The number of aryl methyl sites for hydroxylation is 8. The van der Waals surface area contributed by atoms with Gasteiger partial charge < -0.3 is 0 Å². The minimum atomic E-state index is -0.200. The number of hydrogen-bond donors (Lipinski definition) is 0. The summed E-state index contributed by atoms with van der Waals surface area (Å²) >= 11 is 12.9. The maximum Gasteiger partial charge on any atom is 0.262 e. The molecular weight excluding hydrogens is 1780 g/mol. The Morgan fingerprint density at radius 2 is 0.575 bits per heavy atom. The number of carbonyl (C=O) groups excluding carboxylic acids is 6. The van der Waals surface area contributed by atoms with E-state index in [1.54, 1.807) is 39.5 Å². The maximum atomic E-state index is 14.5. The molecular formula is C118H163N3O6S7. The SMILES string of the molecule is CCCCCCCCCCCCC(CCCCCCCCCC)CN1C(=O)c2c(C)ccc(-c3cc4sc5cc(C)sc5c4s3)c2C1=O.CCCCCCCCCCCCc1cc(C)sc1-c1sc(-c2ccc(C)c3c2C(=O)N(CC(CCCC)CCCCCC)C3=O)cc1CCCCCCCCCCCC.Cc1cc2c(s1)-c1sc(-c3ccc(C)c4c3C(=O)N(C)C4=O)cc1C2(C)C. The molecule has 16 heteroatoms. The van der Waals surface area contributed by atoms with Crippen LogP contribution in [0.1, 0.15) is 479 Å². The summed E-state index contributed by atoms with van der Waals surface area (Å²) in [5.74, 6) is 0.0547. The summed E-state index contributed by atoms with van der Waals surface area (Å²) in [7, 11) is 1.56. The van der Waals surface area contributed by atoms with Gasteiger partial charge in [0.25, 0.3) is 35.4 Å². The van der Waals surface area contributed by atoms with Crippen LogP contribution in [0, 0.1) is 53.4 Å². The van der Waals surface area contributed by atoms with Gasteiger partial charge in [-0.1, -0.05) is 361 Å². The summed E-state index contributed by atoms with van der Waals surface area (Å²) in [6.45, 7) is 31.8. The van der Waals surface area contributed by atoms with Crippen LogP contribution in [-0.4, -0.2) is 70.3 Å². The van der Waals surface area contributed by atoms with Gasteiger partial charge in [0.15, 0.2) is 0 Å². The number of benzene rings is 3. The molecule has 0 N–H and O–H groups in total. The molecule has 6 amide bonds. The molecule has 10 aromatic rings. The zero-order chi connectivity index (χ0) is 95.4. The Labute approximate surface area is 836 Å². The van der Waals surface area contributed by atoms with Gasteiger partial charge in [-0.05, 0) is 180 Å². The van der Waals surface area contributed by atoms with Crippen molar-refractivity contribution in [2.75, 3.05) is 20.1 Å². The van der Waals surface area contributed by atoms with E-state index in [-0.39, 0.29) is 40.9 Å². The first-order valence-electron chi connectivity index (χ1n) is 53.3. The van der Waals surface area contributed by atoms with Crippen molar-refractivity contribution in [1.82, 2.24) is 14.7 Å². The van der Waals surface area contributed by atoms with Gasteiger partial charge >= 0.3 is 0 Å². The van der Waals surface area contributed by atoms with Crippen molar-refractivity contribution in [2.24, 2.45) is 11.8 Å². The van der Waals surface area contributed by atoms with E-state index in [9.17, 15) is 28.8 Å². The number of hydrogen-bond acceptors (Lipinski definition) is 13. The highest BCUT2D eigenvalue weighted by Crippen LogP contribution is 2.58. The lowest BCUT2D eigenvalue weighted by Gasteiger charge is -2.23. The standard InChI is InChI=1S/C54H85NO2S2.C42H59NO2S3.C22H19NO2S2/c1-7-11-15-18-20-22-24-26-28-31-35-45-39-43(6)58-51(45)52-46(36-32-29-27-25-23-21-19-16-12-8-2)40-48(59-52)47-38-37-42(5)49-50(47)54(57)55(53(49)56)41-44(33-14-10-4)34-30-17-13-9-3;1-5-7-9-11-13-15-16-18-20-22-24-32(23-21-19-17-14-12-10-8-6-2)29-43-41(44)37-30(3)25-26-33(38(37)42(43)45)34-28-36-40(48-34)39-35(47-36)27-31(4)46-39;1-10-6-7-12(17-16(10)20(24)23(5)21(17)25)15-9-14-19(27-15)18-13(22(14,3)4)8-11(2)26-18/h37-40,44H,7-36,41H2,1-6H3;25-28,32H,5-24,29H2,1-4H3;6-9H,1-5H3. The third kappa shape index (κ3) is 27.0. The second-order valence-corrected chi connectivity index (χ2v) is 48.7. The predicted molar refractivity (Wildman–Crippen MR) is 584 cm³/mol. The van der Waals surface area contributed by atoms with Crippen LogP contribution in [0.2, 0.25) is 0 Å². The number of rotatable bonds is 58. The van der Waals surface area contributed by atoms with Gasteiger partial charge in [0.2, 0.25) is 0 Å². The Hall–Kier alpha value is -6.50. The van der Waals surface area contributed by atoms with Crippen molar-refractivity contribution >= 4 is 134 Å². The Morgan fingerprint density at radius 3 is 1.02 bits per heavy atom. The fourth-order valence-electron chi connectivity index (χ4n) is 21.2. The molecule has 4 aliphatic rings. The minimum absolute atomic E-state index is 0.0331. The van der Waals surface area contributed by atoms with Crippen LogP contribution in [0.15, 0.2) is 72.8 Å². The molecule has 1 aliphatic carbocycles. The van der Waals surface area contributed by atoms with Crippen LogP contribution in [-0.2, 0) is 18.3 Å². The van der Waals surface area contributed by atoms with Crippen molar-refractivity contribution in [2.45, 2.75) is 423 Å². The van der Waals surface area contributed by atoms with E-state index in [1.807, 2.05) is 95.7 Å². The normalized spacial score (nSPS) is 14.2. The fourth-order valence-corrected chi connectivity index (χ4v) is 30.4. The molecule has 0 fully saturated rings. The molecule has 3 aromatic carbocycles. The smallest absolute Gasteiger partial charge is 0.262 e. The van der Waals surface area contributed by atoms with Crippen molar-refractivity contribution in [3.05, 3.63) is 160 Å². The molecule has 2 atom stereocenters. The van der Waals surface area contributed by atoms with Gasteiger partial charge in [-0.15, -0.1) is 79.4 Å². The molecule has 0 spiro atoms. The maximum absolute atomic E-state index is 14.5. The van der Waals surface area contributed by atoms with Crippen LogP contribution in [0.3, 0.4) is 0 Å². The lowest BCUT2D eigenvalue weighted by molar-refractivity contribution is 0.0607. The van der Waals surface area contributed by atoms with Gasteiger partial charge in [0, 0.05) is 100 Å². The highest BCUT2D eigenvalue weighted by Gasteiger charge is 2.45. The largest absolute Gasteiger partial charge is 0.277 e. The van der Waals surface area contributed by atoms with Crippen molar-refractivity contribution in [3.63, 3.8) is 0 Å². The first kappa shape index (κ1) is 106. The summed E-state index contributed by atoms with van der Waals surface area (Å²) in [6.07, 6.45) is 64.5.